The molecule has 2 aromatic heterocycles. The molecule has 0 fully saturated rings. The van der Waals surface area contributed by atoms with E-state index in [0.717, 1.165) is 29.1 Å². The number of carbonyl (C=O) groups is 1. The van der Waals surface area contributed by atoms with Crippen LogP contribution in [0.2, 0.25) is 0 Å². The number of benzene rings is 1. The standard InChI is InChI=1S/C20H22N2OS/c1-20(2,3)18-16(11-23)22-17(12-24-19(22)21-18)15-9-8-13-6-4-5-7-14(13)10-15/h8-12H,4-7H2,1-3H3. The first-order valence-corrected chi connectivity index (χ1v) is 9.45. The maximum Gasteiger partial charge on any atom is 0.195 e. The first-order valence-electron chi connectivity index (χ1n) is 8.57. The number of thiazole rings is 1. The van der Waals surface area contributed by atoms with Gasteiger partial charge < -0.3 is 0 Å². The van der Waals surface area contributed by atoms with Gasteiger partial charge in [-0.05, 0) is 48.4 Å². The molecule has 0 saturated heterocycles. The molecule has 3 nitrogen and oxygen atoms in total. The SMILES string of the molecule is CC(C)(C)c1nc2scc(-c3ccc4c(c3)CCCC4)n2c1C=O. The summed E-state index contributed by atoms with van der Waals surface area (Å²) >= 11 is 1.61. The highest BCUT2D eigenvalue weighted by Gasteiger charge is 2.26. The second kappa shape index (κ2) is 5.55. The molecule has 0 saturated carbocycles. The van der Waals surface area contributed by atoms with Gasteiger partial charge in [-0.2, -0.15) is 0 Å². The predicted octanol–water partition coefficient (Wildman–Crippen LogP) is 5.05. The van der Waals surface area contributed by atoms with E-state index < -0.39 is 0 Å². The molecular weight excluding hydrogens is 316 g/mol. The van der Waals surface area contributed by atoms with Crippen LogP contribution in [0.3, 0.4) is 0 Å². The molecule has 0 atom stereocenters. The maximum atomic E-state index is 11.8. The van der Waals surface area contributed by atoms with Gasteiger partial charge in [-0.3, -0.25) is 9.20 Å². The minimum atomic E-state index is -0.144. The Balaban J connectivity index is 1.91. The van der Waals surface area contributed by atoms with Crippen LogP contribution in [0.4, 0.5) is 0 Å². The van der Waals surface area contributed by atoms with Crippen molar-refractivity contribution in [1.29, 1.82) is 0 Å². The monoisotopic (exact) mass is 338 g/mol. The molecule has 124 valence electrons. The third-order valence-electron chi connectivity index (χ3n) is 4.87. The Hall–Kier alpha value is -1.94. The lowest BCUT2D eigenvalue weighted by Crippen LogP contribution is -2.14. The molecule has 4 rings (SSSR count). The van der Waals surface area contributed by atoms with Crippen molar-refractivity contribution in [2.75, 3.05) is 0 Å². The Morgan fingerprint density at radius 1 is 1.17 bits per heavy atom. The molecule has 0 bridgehead atoms. The van der Waals surface area contributed by atoms with E-state index in [1.54, 1.807) is 11.3 Å². The molecule has 0 amide bonds. The summed E-state index contributed by atoms with van der Waals surface area (Å²) in [7, 11) is 0. The van der Waals surface area contributed by atoms with E-state index in [9.17, 15) is 4.79 Å². The maximum absolute atomic E-state index is 11.8. The van der Waals surface area contributed by atoms with Crippen molar-refractivity contribution in [1.82, 2.24) is 9.38 Å². The molecule has 2 heterocycles. The van der Waals surface area contributed by atoms with Gasteiger partial charge >= 0.3 is 0 Å². The zero-order valence-electron chi connectivity index (χ0n) is 14.4. The lowest BCUT2D eigenvalue weighted by Gasteiger charge is -2.17. The highest BCUT2D eigenvalue weighted by molar-refractivity contribution is 7.15. The zero-order valence-corrected chi connectivity index (χ0v) is 15.2. The van der Waals surface area contributed by atoms with Gasteiger partial charge in [-0.25, -0.2) is 4.98 Å². The second-order valence-electron chi connectivity index (χ2n) is 7.64. The molecule has 3 aromatic rings. The highest BCUT2D eigenvalue weighted by Crippen LogP contribution is 2.34. The number of nitrogens with zero attached hydrogens (tertiary/aromatic N) is 2. The van der Waals surface area contributed by atoms with Gasteiger partial charge in [0.25, 0.3) is 0 Å². The average molecular weight is 338 g/mol. The van der Waals surface area contributed by atoms with E-state index in [2.05, 4.69) is 44.4 Å². The highest BCUT2D eigenvalue weighted by atomic mass is 32.1. The van der Waals surface area contributed by atoms with Gasteiger partial charge in [0.15, 0.2) is 11.2 Å². The minimum Gasteiger partial charge on any atom is -0.296 e. The summed E-state index contributed by atoms with van der Waals surface area (Å²) in [5.74, 6) is 0. The van der Waals surface area contributed by atoms with E-state index in [-0.39, 0.29) is 5.41 Å². The number of rotatable bonds is 2. The lowest BCUT2D eigenvalue weighted by atomic mass is 9.90. The van der Waals surface area contributed by atoms with Gasteiger partial charge in [0, 0.05) is 10.8 Å². The Kier molecular flexibility index (Phi) is 3.61. The topological polar surface area (TPSA) is 34.4 Å². The van der Waals surface area contributed by atoms with Gasteiger partial charge in [-0.15, -0.1) is 11.3 Å². The average Bonchev–Trinajstić information content (AvgIpc) is 3.12. The van der Waals surface area contributed by atoms with Crippen molar-refractivity contribution >= 4 is 22.6 Å². The van der Waals surface area contributed by atoms with Crippen molar-refractivity contribution < 1.29 is 4.79 Å². The summed E-state index contributed by atoms with van der Waals surface area (Å²) in [4.78, 5) is 17.4. The Labute approximate surface area is 146 Å². The molecule has 0 aliphatic heterocycles. The quantitative estimate of drug-likeness (QED) is 0.613. The molecule has 1 aromatic carbocycles. The fourth-order valence-corrected chi connectivity index (χ4v) is 4.54. The van der Waals surface area contributed by atoms with Gasteiger partial charge in [-0.1, -0.05) is 32.9 Å². The number of hydrogen-bond acceptors (Lipinski definition) is 3. The summed E-state index contributed by atoms with van der Waals surface area (Å²) in [6.45, 7) is 6.31. The first kappa shape index (κ1) is 15.6. The Morgan fingerprint density at radius 2 is 1.92 bits per heavy atom. The third kappa shape index (κ3) is 2.40. The largest absolute Gasteiger partial charge is 0.296 e. The fourth-order valence-electron chi connectivity index (χ4n) is 3.64. The summed E-state index contributed by atoms with van der Waals surface area (Å²) < 4.78 is 2.03. The van der Waals surface area contributed by atoms with Crippen molar-refractivity contribution in [2.45, 2.75) is 51.9 Å². The third-order valence-corrected chi connectivity index (χ3v) is 5.69. The Morgan fingerprint density at radius 3 is 2.62 bits per heavy atom. The molecule has 4 heteroatoms. The van der Waals surface area contributed by atoms with Crippen LogP contribution in [-0.4, -0.2) is 15.7 Å². The molecule has 24 heavy (non-hydrogen) atoms. The molecule has 0 unspecified atom stereocenters. The van der Waals surface area contributed by atoms with Crippen molar-refractivity contribution in [3.8, 4) is 11.3 Å². The molecule has 0 N–H and O–H groups in total. The fraction of sp³-hybridized carbons (Fsp3) is 0.400. The number of aromatic nitrogens is 2. The lowest BCUT2D eigenvalue weighted by molar-refractivity contribution is 0.111. The van der Waals surface area contributed by atoms with E-state index in [1.165, 1.54) is 36.0 Å². The first-order chi connectivity index (χ1) is 11.5. The van der Waals surface area contributed by atoms with Crippen LogP contribution in [0, 0.1) is 0 Å². The molecule has 0 spiro atoms. The van der Waals surface area contributed by atoms with Crippen molar-refractivity contribution in [2.24, 2.45) is 0 Å². The van der Waals surface area contributed by atoms with Crippen LogP contribution in [0.5, 0.6) is 0 Å². The summed E-state index contributed by atoms with van der Waals surface area (Å²) in [5, 5.41) is 2.12. The zero-order chi connectivity index (χ0) is 16.9. The smallest absolute Gasteiger partial charge is 0.195 e. The predicted molar refractivity (Wildman–Crippen MR) is 99.2 cm³/mol. The number of hydrogen-bond donors (Lipinski definition) is 0. The molecule has 1 aliphatic rings. The van der Waals surface area contributed by atoms with Crippen LogP contribution in [0.25, 0.3) is 16.2 Å². The van der Waals surface area contributed by atoms with Crippen LogP contribution in [0.15, 0.2) is 23.6 Å². The van der Waals surface area contributed by atoms with Crippen LogP contribution in [0.1, 0.15) is 60.9 Å². The van der Waals surface area contributed by atoms with Crippen molar-refractivity contribution in [3.63, 3.8) is 0 Å². The summed E-state index contributed by atoms with van der Waals surface area (Å²) in [6, 6.07) is 6.76. The summed E-state index contributed by atoms with van der Waals surface area (Å²) in [5.41, 5.74) is 6.62. The van der Waals surface area contributed by atoms with Crippen LogP contribution >= 0.6 is 11.3 Å². The van der Waals surface area contributed by atoms with E-state index in [4.69, 9.17) is 4.98 Å². The van der Waals surface area contributed by atoms with Gasteiger partial charge in [0.2, 0.25) is 0 Å². The van der Waals surface area contributed by atoms with E-state index in [0.29, 0.717) is 5.69 Å². The van der Waals surface area contributed by atoms with Gasteiger partial charge in [0.1, 0.15) is 5.69 Å². The number of aryl methyl sites for hydroxylation is 2. The van der Waals surface area contributed by atoms with E-state index in [1.807, 2.05) is 4.40 Å². The van der Waals surface area contributed by atoms with Crippen LogP contribution in [-0.2, 0) is 18.3 Å². The molecular formula is C20H22N2OS. The van der Waals surface area contributed by atoms with Crippen LogP contribution < -0.4 is 0 Å². The molecule has 0 radical (unpaired) electrons. The van der Waals surface area contributed by atoms with Crippen molar-refractivity contribution in [3.05, 3.63) is 46.1 Å². The minimum absolute atomic E-state index is 0.144. The number of fused-ring (bicyclic) bond motifs is 2. The second-order valence-corrected chi connectivity index (χ2v) is 8.48. The number of imidazole rings is 1. The summed E-state index contributed by atoms with van der Waals surface area (Å²) in [6.07, 6.45) is 5.87. The normalized spacial score (nSPS) is 14.8. The Bertz CT molecular complexity index is 927. The number of aldehydes is 1. The van der Waals surface area contributed by atoms with E-state index >= 15 is 0 Å². The number of carbonyl (C=O) groups excluding carboxylic acids is 1. The molecule has 1 aliphatic carbocycles. The van der Waals surface area contributed by atoms with Gasteiger partial charge in [0.05, 0.1) is 11.4 Å².